The summed E-state index contributed by atoms with van der Waals surface area (Å²) in [5.74, 6) is -0.0297. The van der Waals surface area contributed by atoms with Crippen LogP contribution in [-0.4, -0.2) is 39.1 Å². The summed E-state index contributed by atoms with van der Waals surface area (Å²) in [6.07, 6.45) is 5.01. The van der Waals surface area contributed by atoms with Crippen LogP contribution in [0.3, 0.4) is 0 Å². The fourth-order valence-electron chi connectivity index (χ4n) is 3.54. The highest BCUT2D eigenvalue weighted by atomic mass is 32.2. The van der Waals surface area contributed by atoms with Crippen molar-refractivity contribution in [2.75, 3.05) is 29.9 Å². The smallest absolute Gasteiger partial charge is 0.245 e. The van der Waals surface area contributed by atoms with Gasteiger partial charge in [-0.2, -0.15) is 0 Å². The van der Waals surface area contributed by atoms with Crippen LogP contribution in [0, 0.1) is 13.8 Å². The van der Waals surface area contributed by atoms with Gasteiger partial charge in [0, 0.05) is 37.4 Å². The molecule has 0 saturated carbocycles. The van der Waals surface area contributed by atoms with E-state index in [4.69, 9.17) is 4.52 Å². The number of nitrogens with zero attached hydrogens (tertiary/aromatic N) is 2. The fourth-order valence-corrected chi connectivity index (χ4v) is 4.89. The van der Waals surface area contributed by atoms with Gasteiger partial charge in [0.15, 0.2) is 5.76 Å². The molecule has 1 amide bonds. The van der Waals surface area contributed by atoms with Gasteiger partial charge in [-0.3, -0.25) is 4.79 Å². The van der Waals surface area contributed by atoms with Gasteiger partial charge in [0.2, 0.25) is 15.9 Å². The van der Waals surface area contributed by atoms with Crippen LogP contribution >= 0.6 is 0 Å². The molecule has 0 bridgehead atoms. The first-order valence-corrected chi connectivity index (χ1v) is 11.4. The summed E-state index contributed by atoms with van der Waals surface area (Å²) in [6, 6.07) is 7.79. The van der Waals surface area contributed by atoms with E-state index in [1.807, 2.05) is 24.3 Å². The van der Waals surface area contributed by atoms with Gasteiger partial charge in [-0.05, 0) is 51.0 Å². The third kappa shape index (κ3) is 5.57. The van der Waals surface area contributed by atoms with Crippen LogP contribution in [0.2, 0.25) is 0 Å². The summed E-state index contributed by atoms with van der Waals surface area (Å²) in [4.78, 5) is 14.6. The van der Waals surface area contributed by atoms with Gasteiger partial charge in [-0.15, -0.1) is 0 Å². The van der Waals surface area contributed by atoms with Gasteiger partial charge in [0.05, 0.1) is 0 Å². The highest BCUT2D eigenvalue weighted by Crippen LogP contribution is 2.22. The number of carbonyl (C=O) groups is 1. The minimum Gasteiger partial charge on any atom is -0.372 e. The largest absolute Gasteiger partial charge is 0.372 e. The van der Waals surface area contributed by atoms with Gasteiger partial charge in [0.25, 0.3) is 0 Å². The summed E-state index contributed by atoms with van der Waals surface area (Å²) >= 11 is 0. The molecule has 0 aliphatic carbocycles. The maximum atomic E-state index is 12.3. The Balaban J connectivity index is 1.49. The number of hydrogen-bond donors (Lipinski definition) is 2. The van der Waals surface area contributed by atoms with Gasteiger partial charge < -0.3 is 14.7 Å². The minimum absolute atomic E-state index is 0.00983. The Morgan fingerprint density at radius 1 is 1.10 bits per heavy atom. The van der Waals surface area contributed by atoms with Crippen LogP contribution in [0.5, 0.6) is 0 Å². The number of amides is 1. The molecule has 0 radical (unpaired) electrons. The molecule has 1 aliphatic heterocycles. The first-order chi connectivity index (χ1) is 13.9. The van der Waals surface area contributed by atoms with Gasteiger partial charge >= 0.3 is 0 Å². The Kier molecular flexibility index (Phi) is 6.92. The maximum Gasteiger partial charge on any atom is 0.245 e. The molecule has 3 rings (SSSR count). The lowest BCUT2D eigenvalue weighted by atomic mass is 10.2. The van der Waals surface area contributed by atoms with Crippen molar-refractivity contribution in [2.24, 2.45) is 0 Å². The van der Waals surface area contributed by atoms with E-state index < -0.39 is 10.0 Å². The second-order valence-corrected chi connectivity index (χ2v) is 9.00. The zero-order chi connectivity index (χ0) is 20.9. The maximum absolute atomic E-state index is 12.3. The van der Waals surface area contributed by atoms with Crippen molar-refractivity contribution < 1.29 is 17.7 Å². The van der Waals surface area contributed by atoms with E-state index in [9.17, 15) is 13.2 Å². The minimum atomic E-state index is -3.76. The lowest BCUT2D eigenvalue weighted by Gasteiger charge is -2.22. The van der Waals surface area contributed by atoms with Crippen molar-refractivity contribution in [3.05, 3.63) is 35.7 Å². The molecule has 29 heavy (non-hydrogen) atoms. The van der Waals surface area contributed by atoms with Crippen LogP contribution < -0.4 is 14.9 Å². The second-order valence-electron chi connectivity index (χ2n) is 7.30. The Morgan fingerprint density at radius 2 is 1.76 bits per heavy atom. The molecule has 0 atom stereocenters. The zero-order valence-electron chi connectivity index (χ0n) is 16.9. The van der Waals surface area contributed by atoms with Crippen LogP contribution in [0.4, 0.5) is 11.4 Å². The van der Waals surface area contributed by atoms with Crippen molar-refractivity contribution >= 4 is 27.3 Å². The van der Waals surface area contributed by atoms with Crippen LogP contribution in [0.1, 0.15) is 43.6 Å². The lowest BCUT2D eigenvalue weighted by Crippen LogP contribution is -2.28. The molecule has 1 aromatic heterocycles. The van der Waals surface area contributed by atoms with Gasteiger partial charge in [0.1, 0.15) is 10.6 Å². The fraction of sp³-hybridized carbons (Fsp3) is 0.500. The summed E-state index contributed by atoms with van der Waals surface area (Å²) in [7, 11) is -3.76. The summed E-state index contributed by atoms with van der Waals surface area (Å²) in [5, 5.41) is 6.46. The van der Waals surface area contributed by atoms with Crippen LogP contribution in [-0.2, 0) is 14.8 Å². The Labute approximate surface area is 171 Å². The Morgan fingerprint density at radius 3 is 2.34 bits per heavy atom. The molecule has 1 aliphatic rings. The molecule has 2 N–H and O–H groups in total. The van der Waals surface area contributed by atoms with Gasteiger partial charge in [-0.1, -0.05) is 18.0 Å². The van der Waals surface area contributed by atoms with E-state index in [2.05, 4.69) is 20.1 Å². The Hall–Kier alpha value is -2.39. The van der Waals surface area contributed by atoms with Crippen molar-refractivity contribution in [1.82, 2.24) is 9.88 Å². The standard InChI is InChI=1S/C20H28N4O4S/c1-15-20(16(2)28-23-15)29(26,27)21-12-11-19(25)22-17-7-9-18(10-8-17)24-13-5-3-4-6-14-24/h7-10,21H,3-6,11-14H2,1-2H3,(H,22,25). The van der Waals surface area contributed by atoms with E-state index in [0.29, 0.717) is 11.4 Å². The Bertz CT molecular complexity index is 910. The van der Waals surface area contributed by atoms with E-state index in [-0.39, 0.29) is 29.5 Å². The average Bonchev–Trinajstić information content (AvgIpc) is 2.87. The highest BCUT2D eigenvalue weighted by Gasteiger charge is 2.23. The van der Waals surface area contributed by atoms with Crippen molar-refractivity contribution in [1.29, 1.82) is 0 Å². The summed E-state index contributed by atoms with van der Waals surface area (Å²) in [5.41, 5.74) is 2.16. The van der Waals surface area contributed by atoms with Crippen molar-refractivity contribution in [2.45, 2.75) is 50.8 Å². The molecular weight excluding hydrogens is 392 g/mol. The lowest BCUT2D eigenvalue weighted by molar-refractivity contribution is -0.116. The predicted molar refractivity (Wildman–Crippen MR) is 112 cm³/mol. The number of sulfonamides is 1. The number of nitrogens with one attached hydrogen (secondary N) is 2. The molecular formula is C20H28N4O4S. The van der Waals surface area contributed by atoms with E-state index >= 15 is 0 Å². The molecule has 2 heterocycles. The molecule has 1 saturated heterocycles. The molecule has 8 nitrogen and oxygen atoms in total. The molecule has 9 heteroatoms. The normalized spacial score (nSPS) is 15.2. The quantitative estimate of drug-likeness (QED) is 0.714. The van der Waals surface area contributed by atoms with E-state index in [0.717, 1.165) is 18.8 Å². The number of rotatable bonds is 7. The predicted octanol–water partition coefficient (Wildman–Crippen LogP) is 2.98. The van der Waals surface area contributed by atoms with Crippen LogP contribution in [0.15, 0.2) is 33.7 Å². The number of hydrogen-bond acceptors (Lipinski definition) is 6. The number of carbonyl (C=O) groups excluding carboxylic acids is 1. The molecule has 2 aromatic rings. The molecule has 1 fully saturated rings. The first kappa shape index (κ1) is 21.3. The van der Waals surface area contributed by atoms with Crippen LogP contribution in [0.25, 0.3) is 0 Å². The van der Waals surface area contributed by atoms with E-state index in [1.165, 1.54) is 32.6 Å². The zero-order valence-corrected chi connectivity index (χ0v) is 17.7. The number of anilines is 2. The van der Waals surface area contributed by atoms with E-state index in [1.54, 1.807) is 6.92 Å². The third-order valence-electron chi connectivity index (χ3n) is 5.00. The van der Waals surface area contributed by atoms with Gasteiger partial charge in [-0.25, -0.2) is 13.1 Å². The monoisotopic (exact) mass is 420 g/mol. The average molecular weight is 421 g/mol. The molecule has 0 unspecified atom stereocenters. The second kappa shape index (κ2) is 9.41. The SMILES string of the molecule is Cc1noc(C)c1S(=O)(=O)NCCC(=O)Nc1ccc(N2CCCCCC2)cc1. The topological polar surface area (TPSA) is 105 Å². The number of aryl methyl sites for hydroxylation is 2. The molecule has 1 aromatic carbocycles. The number of aromatic nitrogens is 1. The number of benzene rings is 1. The summed E-state index contributed by atoms with van der Waals surface area (Å²) in [6.45, 7) is 5.22. The molecule has 0 spiro atoms. The highest BCUT2D eigenvalue weighted by molar-refractivity contribution is 7.89. The third-order valence-corrected chi connectivity index (χ3v) is 6.71. The molecule has 158 valence electrons. The van der Waals surface area contributed by atoms with Crippen molar-refractivity contribution in [3.63, 3.8) is 0 Å². The van der Waals surface area contributed by atoms with Crippen molar-refractivity contribution in [3.8, 4) is 0 Å². The first-order valence-electron chi connectivity index (χ1n) is 9.94. The summed E-state index contributed by atoms with van der Waals surface area (Å²) < 4.78 is 32.0.